The van der Waals surface area contributed by atoms with Gasteiger partial charge in [-0.3, -0.25) is 4.79 Å². The Labute approximate surface area is 113 Å². The fourth-order valence-corrected chi connectivity index (χ4v) is 3.44. The van der Waals surface area contributed by atoms with Crippen LogP contribution in [0, 0.1) is 11.7 Å². The Morgan fingerprint density at radius 1 is 1.37 bits per heavy atom. The standard InChI is InChI=1S/C16H21FO2/c1-2-9-16(13-5-3-4-6-14(13)17)10-7-12(8-11-16)15(18)19/h3-6,12H,2,7-11H2,1H3,(H,18,19). The maximum absolute atomic E-state index is 14.1. The van der Waals surface area contributed by atoms with E-state index in [1.807, 2.05) is 12.1 Å². The number of carboxylic acid groups (broad SMARTS) is 1. The molecular weight excluding hydrogens is 243 g/mol. The van der Waals surface area contributed by atoms with Gasteiger partial charge in [0.1, 0.15) is 5.82 Å². The highest BCUT2D eigenvalue weighted by Crippen LogP contribution is 2.45. The molecule has 0 aromatic heterocycles. The number of halogens is 1. The van der Waals surface area contributed by atoms with Crippen molar-refractivity contribution in [2.45, 2.75) is 50.9 Å². The maximum Gasteiger partial charge on any atom is 0.306 e. The van der Waals surface area contributed by atoms with Gasteiger partial charge in [0.05, 0.1) is 5.92 Å². The first-order chi connectivity index (χ1) is 9.09. The zero-order chi connectivity index (χ0) is 13.9. The normalized spacial score (nSPS) is 27.2. The monoisotopic (exact) mass is 264 g/mol. The van der Waals surface area contributed by atoms with Crippen molar-refractivity contribution in [3.8, 4) is 0 Å². The Balaban J connectivity index is 2.26. The lowest BCUT2D eigenvalue weighted by Gasteiger charge is -2.40. The molecular formula is C16H21FO2. The maximum atomic E-state index is 14.1. The third-order valence-corrected chi connectivity index (χ3v) is 4.47. The largest absolute Gasteiger partial charge is 0.481 e. The molecule has 0 saturated heterocycles. The van der Waals surface area contributed by atoms with Crippen LogP contribution in [0.4, 0.5) is 4.39 Å². The van der Waals surface area contributed by atoms with E-state index in [-0.39, 0.29) is 17.2 Å². The fraction of sp³-hybridized carbons (Fsp3) is 0.562. The van der Waals surface area contributed by atoms with Crippen molar-refractivity contribution < 1.29 is 14.3 Å². The number of carbonyl (C=O) groups is 1. The third-order valence-electron chi connectivity index (χ3n) is 4.47. The first kappa shape index (κ1) is 14.0. The molecule has 104 valence electrons. The Kier molecular flexibility index (Phi) is 4.23. The lowest BCUT2D eigenvalue weighted by Crippen LogP contribution is -2.34. The van der Waals surface area contributed by atoms with Crippen molar-refractivity contribution >= 4 is 5.97 Å². The molecule has 1 fully saturated rings. The topological polar surface area (TPSA) is 37.3 Å². The average molecular weight is 264 g/mol. The number of aliphatic carboxylic acids is 1. The van der Waals surface area contributed by atoms with Crippen LogP contribution in [0.5, 0.6) is 0 Å². The molecule has 1 saturated carbocycles. The summed E-state index contributed by atoms with van der Waals surface area (Å²) in [4.78, 5) is 11.1. The molecule has 0 amide bonds. The van der Waals surface area contributed by atoms with Crippen LogP contribution in [0.3, 0.4) is 0 Å². The summed E-state index contributed by atoms with van der Waals surface area (Å²) in [6, 6.07) is 6.96. The van der Waals surface area contributed by atoms with Crippen molar-refractivity contribution in [1.29, 1.82) is 0 Å². The second kappa shape index (κ2) is 5.72. The van der Waals surface area contributed by atoms with Gasteiger partial charge in [0.25, 0.3) is 0 Å². The molecule has 0 bridgehead atoms. The van der Waals surface area contributed by atoms with Crippen molar-refractivity contribution in [3.05, 3.63) is 35.6 Å². The Bertz CT molecular complexity index is 448. The molecule has 1 aromatic rings. The predicted molar refractivity (Wildman–Crippen MR) is 72.6 cm³/mol. The third kappa shape index (κ3) is 2.80. The molecule has 2 rings (SSSR count). The first-order valence-corrected chi connectivity index (χ1v) is 7.07. The van der Waals surface area contributed by atoms with Gasteiger partial charge in [0.2, 0.25) is 0 Å². The second-order valence-electron chi connectivity index (χ2n) is 5.62. The van der Waals surface area contributed by atoms with Crippen LogP contribution in [0.2, 0.25) is 0 Å². The van der Waals surface area contributed by atoms with Crippen LogP contribution in [0.1, 0.15) is 51.0 Å². The minimum absolute atomic E-state index is 0.148. The summed E-state index contributed by atoms with van der Waals surface area (Å²) in [5.74, 6) is -1.11. The van der Waals surface area contributed by atoms with E-state index >= 15 is 0 Å². The molecule has 0 unspecified atom stereocenters. The number of hydrogen-bond acceptors (Lipinski definition) is 1. The fourth-order valence-electron chi connectivity index (χ4n) is 3.44. The summed E-state index contributed by atoms with van der Waals surface area (Å²) in [5, 5.41) is 9.09. The van der Waals surface area contributed by atoms with Gasteiger partial charge in [0.15, 0.2) is 0 Å². The van der Waals surface area contributed by atoms with Gasteiger partial charge in [0, 0.05) is 0 Å². The van der Waals surface area contributed by atoms with Crippen LogP contribution >= 0.6 is 0 Å². The molecule has 0 spiro atoms. The van der Waals surface area contributed by atoms with Crippen molar-refractivity contribution in [2.75, 3.05) is 0 Å². The minimum Gasteiger partial charge on any atom is -0.481 e. The quantitative estimate of drug-likeness (QED) is 0.887. The molecule has 3 heteroatoms. The summed E-state index contributed by atoms with van der Waals surface area (Å²) in [6.07, 6.45) is 4.79. The van der Waals surface area contributed by atoms with Gasteiger partial charge in [-0.15, -0.1) is 0 Å². The van der Waals surface area contributed by atoms with Crippen LogP contribution < -0.4 is 0 Å². The Morgan fingerprint density at radius 2 is 2.00 bits per heavy atom. The highest BCUT2D eigenvalue weighted by atomic mass is 19.1. The number of rotatable bonds is 4. The SMILES string of the molecule is CCCC1(c2ccccc2F)CCC(C(=O)O)CC1. The predicted octanol–water partition coefficient (Wildman–Crippen LogP) is 4.14. The van der Waals surface area contributed by atoms with E-state index in [1.165, 1.54) is 6.07 Å². The van der Waals surface area contributed by atoms with E-state index in [2.05, 4.69) is 6.92 Å². The lowest BCUT2D eigenvalue weighted by molar-refractivity contribution is -0.143. The first-order valence-electron chi connectivity index (χ1n) is 7.07. The molecule has 1 N–H and O–H groups in total. The zero-order valence-electron chi connectivity index (χ0n) is 11.4. The van der Waals surface area contributed by atoms with Crippen LogP contribution in [0.15, 0.2) is 24.3 Å². The van der Waals surface area contributed by atoms with Crippen molar-refractivity contribution in [1.82, 2.24) is 0 Å². The van der Waals surface area contributed by atoms with Gasteiger partial charge < -0.3 is 5.11 Å². The smallest absolute Gasteiger partial charge is 0.306 e. The molecule has 0 atom stereocenters. The Morgan fingerprint density at radius 3 is 2.53 bits per heavy atom. The van der Waals surface area contributed by atoms with Crippen LogP contribution in [-0.2, 0) is 10.2 Å². The van der Waals surface area contributed by atoms with Crippen LogP contribution in [-0.4, -0.2) is 11.1 Å². The zero-order valence-corrected chi connectivity index (χ0v) is 11.4. The van der Waals surface area contributed by atoms with Gasteiger partial charge >= 0.3 is 5.97 Å². The molecule has 1 aromatic carbocycles. The summed E-state index contributed by atoms with van der Waals surface area (Å²) in [7, 11) is 0. The highest BCUT2D eigenvalue weighted by Gasteiger charge is 2.39. The second-order valence-corrected chi connectivity index (χ2v) is 5.62. The minimum atomic E-state index is -0.710. The van der Waals surface area contributed by atoms with Gasteiger partial charge in [-0.25, -0.2) is 4.39 Å². The molecule has 0 aliphatic heterocycles. The number of hydrogen-bond donors (Lipinski definition) is 1. The van der Waals surface area contributed by atoms with Crippen LogP contribution in [0.25, 0.3) is 0 Å². The molecule has 1 aliphatic rings. The van der Waals surface area contributed by atoms with Crippen molar-refractivity contribution in [2.24, 2.45) is 5.92 Å². The van der Waals surface area contributed by atoms with E-state index in [4.69, 9.17) is 5.11 Å². The molecule has 2 nitrogen and oxygen atoms in total. The van der Waals surface area contributed by atoms with E-state index in [9.17, 15) is 9.18 Å². The molecule has 0 radical (unpaired) electrons. The number of carboxylic acids is 1. The highest BCUT2D eigenvalue weighted by molar-refractivity contribution is 5.70. The molecule has 0 heterocycles. The van der Waals surface area contributed by atoms with Crippen molar-refractivity contribution in [3.63, 3.8) is 0 Å². The van der Waals surface area contributed by atoms with Gasteiger partial charge in [-0.1, -0.05) is 31.5 Å². The van der Waals surface area contributed by atoms with Gasteiger partial charge in [-0.05, 0) is 49.1 Å². The lowest BCUT2D eigenvalue weighted by atomic mass is 9.64. The Hall–Kier alpha value is -1.38. The summed E-state index contributed by atoms with van der Waals surface area (Å²) < 4.78 is 14.1. The molecule has 19 heavy (non-hydrogen) atoms. The van der Waals surface area contributed by atoms with E-state index in [0.29, 0.717) is 12.8 Å². The number of benzene rings is 1. The van der Waals surface area contributed by atoms with E-state index in [0.717, 1.165) is 31.2 Å². The average Bonchev–Trinajstić information content (AvgIpc) is 2.40. The van der Waals surface area contributed by atoms with Gasteiger partial charge in [-0.2, -0.15) is 0 Å². The summed E-state index contributed by atoms with van der Waals surface area (Å²) >= 11 is 0. The molecule has 1 aliphatic carbocycles. The summed E-state index contributed by atoms with van der Waals surface area (Å²) in [6.45, 7) is 2.10. The van der Waals surface area contributed by atoms with E-state index in [1.54, 1.807) is 6.07 Å². The van der Waals surface area contributed by atoms with E-state index < -0.39 is 5.97 Å². The summed E-state index contributed by atoms with van der Waals surface area (Å²) in [5.41, 5.74) is 0.618.